The van der Waals surface area contributed by atoms with Crippen molar-refractivity contribution in [3.05, 3.63) is 76.3 Å². The van der Waals surface area contributed by atoms with Crippen molar-refractivity contribution < 1.29 is 14.6 Å². The van der Waals surface area contributed by atoms with Gasteiger partial charge in [0.15, 0.2) is 0 Å². The first-order valence-corrected chi connectivity index (χ1v) is 11.3. The Labute approximate surface area is 185 Å². The highest BCUT2D eigenvalue weighted by molar-refractivity contribution is 9.10. The fourth-order valence-corrected chi connectivity index (χ4v) is 4.85. The zero-order valence-electron chi connectivity index (χ0n) is 17.1. The summed E-state index contributed by atoms with van der Waals surface area (Å²) in [6, 6.07) is 20.0. The van der Waals surface area contributed by atoms with Crippen molar-refractivity contribution in [2.24, 2.45) is 0 Å². The summed E-state index contributed by atoms with van der Waals surface area (Å²) in [5, 5.41) is 12.3. The van der Waals surface area contributed by atoms with Gasteiger partial charge in [-0.05, 0) is 66.9 Å². The third-order valence-corrected chi connectivity index (χ3v) is 6.31. The normalized spacial score (nSPS) is 18.3. The number of carbonyl (C=O) groups is 1. The van der Waals surface area contributed by atoms with Gasteiger partial charge in [0.25, 0.3) is 0 Å². The molecule has 0 saturated carbocycles. The lowest BCUT2D eigenvalue weighted by Gasteiger charge is -2.40. The molecule has 1 heterocycles. The van der Waals surface area contributed by atoms with Crippen LogP contribution in [0.5, 0.6) is 5.75 Å². The Morgan fingerprint density at radius 1 is 1.13 bits per heavy atom. The fraction of sp³-hybridized carbons (Fsp3) is 0.320. The number of hydrogen-bond donors (Lipinski definition) is 1. The molecule has 4 rings (SSSR count). The van der Waals surface area contributed by atoms with Crippen LogP contribution < -0.4 is 4.74 Å². The predicted molar refractivity (Wildman–Crippen MR) is 123 cm³/mol. The maximum atomic E-state index is 12.1. The quantitative estimate of drug-likeness (QED) is 0.480. The highest BCUT2D eigenvalue weighted by Gasteiger charge is 2.36. The van der Waals surface area contributed by atoms with Crippen LogP contribution in [0.25, 0.3) is 10.8 Å². The molecule has 3 aromatic rings. The van der Waals surface area contributed by atoms with Crippen molar-refractivity contribution in [1.29, 1.82) is 0 Å². The summed E-state index contributed by atoms with van der Waals surface area (Å²) in [6.45, 7) is 3.27. The van der Waals surface area contributed by atoms with E-state index < -0.39 is 12.0 Å². The van der Waals surface area contributed by atoms with Gasteiger partial charge >= 0.3 is 5.97 Å². The number of likely N-dealkylation sites (tertiary alicyclic amines) is 1. The second-order valence-corrected chi connectivity index (χ2v) is 8.63. The van der Waals surface area contributed by atoms with Crippen LogP contribution in [0.2, 0.25) is 0 Å². The molecule has 1 saturated heterocycles. The minimum absolute atomic E-state index is 0.199. The standard InChI is InChI=1S/C25H26BrNO3/c1-2-30-23-13-12-20(26)16-21(23)24(27-14-6-5-9-22(27)25(28)29)19-11-10-17-7-3-4-8-18(17)15-19/h3-4,7-8,10-13,15-16,22,24H,2,5-6,9,14H2,1H3,(H,28,29). The molecule has 1 fully saturated rings. The number of fused-ring (bicyclic) bond motifs is 1. The molecule has 2 atom stereocenters. The third-order valence-electron chi connectivity index (χ3n) is 5.82. The number of hydrogen-bond acceptors (Lipinski definition) is 3. The maximum Gasteiger partial charge on any atom is 0.320 e. The van der Waals surface area contributed by atoms with E-state index in [0.717, 1.165) is 46.1 Å². The maximum absolute atomic E-state index is 12.1. The number of carboxylic acids is 1. The molecule has 1 aliphatic rings. The summed E-state index contributed by atoms with van der Waals surface area (Å²) >= 11 is 3.61. The number of ether oxygens (including phenoxy) is 1. The van der Waals surface area contributed by atoms with Crippen LogP contribution in [0.1, 0.15) is 43.4 Å². The van der Waals surface area contributed by atoms with E-state index >= 15 is 0 Å². The van der Waals surface area contributed by atoms with Crippen molar-refractivity contribution in [3.63, 3.8) is 0 Å². The minimum atomic E-state index is -0.756. The first kappa shape index (κ1) is 20.9. The summed E-state index contributed by atoms with van der Waals surface area (Å²) in [5.41, 5.74) is 2.08. The van der Waals surface area contributed by atoms with Crippen molar-refractivity contribution >= 4 is 32.7 Å². The molecular formula is C25H26BrNO3. The first-order valence-electron chi connectivity index (χ1n) is 10.5. The van der Waals surface area contributed by atoms with E-state index in [1.807, 2.05) is 31.2 Å². The largest absolute Gasteiger partial charge is 0.494 e. The average molecular weight is 468 g/mol. The molecule has 156 valence electrons. The number of aliphatic carboxylic acids is 1. The number of benzene rings is 3. The van der Waals surface area contributed by atoms with E-state index in [1.54, 1.807) is 0 Å². The van der Waals surface area contributed by atoms with Crippen LogP contribution in [0.3, 0.4) is 0 Å². The molecule has 1 N–H and O–H groups in total. The average Bonchev–Trinajstić information content (AvgIpc) is 2.76. The predicted octanol–water partition coefficient (Wildman–Crippen LogP) is 6.03. The van der Waals surface area contributed by atoms with E-state index in [2.05, 4.69) is 57.2 Å². The second-order valence-electron chi connectivity index (χ2n) is 7.71. The highest BCUT2D eigenvalue weighted by Crippen LogP contribution is 2.40. The molecule has 0 spiro atoms. The number of piperidine rings is 1. The minimum Gasteiger partial charge on any atom is -0.494 e. The van der Waals surface area contributed by atoms with Gasteiger partial charge in [-0.1, -0.05) is 58.7 Å². The lowest BCUT2D eigenvalue weighted by Crippen LogP contribution is -2.46. The Morgan fingerprint density at radius 2 is 1.93 bits per heavy atom. The molecule has 0 bridgehead atoms. The van der Waals surface area contributed by atoms with Gasteiger partial charge in [0.1, 0.15) is 11.8 Å². The van der Waals surface area contributed by atoms with Gasteiger partial charge in [0.05, 0.1) is 12.6 Å². The van der Waals surface area contributed by atoms with Crippen molar-refractivity contribution in [2.75, 3.05) is 13.2 Å². The SMILES string of the molecule is CCOc1ccc(Br)cc1C(c1ccc2ccccc2c1)N1CCCCC1C(=O)O. The van der Waals surface area contributed by atoms with E-state index in [0.29, 0.717) is 13.0 Å². The number of halogens is 1. The summed E-state index contributed by atoms with van der Waals surface area (Å²) in [4.78, 5) is 14.3. The monoisotopic (exact) mass is 467 g/mol. The second kappa shape index (κ2) is 9.19. The first-order chi connectivity index (χ1) is 14.6. The molecule has 30 heavy (non-hydrogen) atoms. The summed E-state index contributed by atoms with van der Waals surface area (Å²) < 4.78 is 6.93. The van der Waals surface area contributed by atoms with Gasteiger partial charge in [0, 0.05) is 10.0 Å². The third kappa shape index (κ3) is 4.23. The molecule has 0 aliphatic carbocycles. The van der Waals surface area contributed by atoms with E-state index in [-0.39, 0.29) is 6.04 Å². The topological polar surface area (TPSA) is 49.8 Å². The van der Waals surface area contributed by atoms with Crippen LogP contribution >= 0.6 is 15.9 Å². The van der Waals surface area contributed by atoms with Crippen LogP contribution in [0, 0.1) is 0 Å². The van der Waals surface area contributed by atoms with Gasteiger partial charge in [-0.2, -0.15) is 0 Å². The van der Waals surface area contributed by atoms with Gasteiger partial charge in [-0.15, -0.1) is 0 Å². The smallest absolute Gasteiger partial charge is 0.320 e. The summed E-state index contributed by atoms with van der Waals surface area (Å²) in [7, 11) is 0. The van der Waals surface area contributed by atoms with Crippen LogP contribution in [0.4, 0.5) is 0 Å². The van der Waals surface area contributed by atoms with Crippen molar-refractivity contribution in [3.8, 4) is 5.75 Å². The molecule has 2 unspecified atom stereocenters. The molecule has 0 amide bonds. The van der Waals surface area contributed by atoms with E-state index in [4.69, 9.17) is 4.74 Å². The van der Waals surface area contributed by atoms with Crippen molar-refractivity contribution in [1.82, 2.24) is 4.90 Å². The Hall–Kier alpha value is -2.37. The summed E-state index contributed by atoms with van der Waals surface area (Å²) in [6.07, 6.45) is 2.60. The Kier molecular flexibility index (Phi) is 6.40. The zero-order valence-corrected chi connectivity index (χ0v) is 18.6. The molecular weight excluding hydrogens is 442 g/mol. The molecule has 1 aliphatic heterocycles. The van der Waals surface area contributed by atoms with Gasteiger partial charge in [-0.3, -0.25) is 9.69 Å². The fourth-order valence-electron chi connectivity index (χ4n) is 4.48. The Balaban J connectivity index is 1.90. The molecule has 4 nitrogen and oxygen atoms in total. The molecule has 3 aromatic carbocycles. The van der Waals surface area contributed by atoms with Gasteiger partial charge in [0.2, 0.25) is 0 Å². The lowest BCUT2D eigenvalue weighted by atomic mass is 9.90. The van der Waals surface area contributed by atoms with Gasteiger partial charge < -0.3 is 9.84 Å². The zero-order chi connectivity index (χ0) is 21.1. The van der Waals surface area contributed by atoms with Gasteiger partial charge in [-0.25, -0.2) is 0 Å². The number of carboxylic acid groups (broad SMARTS) is 1. The van der Waals surface area contributed by atoms with Crippen LogP contribution in [-0.2, 0) is 4.79 Å². The summed E-state index contributed by atoms with van der Waals surface area (Å²) in [5.74, 6) is 0.0435. The van der Waals surface area contributed by atoms with E-state index in [1.165, 1.54) is 5.39 Å². The molecule has 0 radical (unpaired) electrons. The van der Waals surface area contributed by atoms with E-state index in [9.17, 15) is 9.90 Å². The number of nitrogens with zero attached hydrogens (tertiary/aromatic N) is 1. The molecule has 5 heteroatoms. The molecule has 0 aromatic heterocycles. The Bertz CT molecular complexity index is 1050. The van der Waals surface area contributed by atoms with Crippen molar-refractivity contribution in [2.45, 2.75) is 38.3 Å². The number of rotatable bonds is 6. The Morgan fingerprint density at radius 3 is 2.70 bits per heavy atom. The van der Waals surface area contributed by atoms with Crippen LogP contribution in [-0.4, -0.2) is 35.2 Å². The highest BCUT2D eigenvalue weighted by atomic mass is 79.9. The lowest BCUT2D eigenvalue weighted by molar-refractivity contribution is -0.145. The van der Waals surface area contributed by atoms with Crippen LogP contribution in [0.15, 0.2) is 65.1 Å².